The molecule has 1 aliphatic rings. The molecule has 1 unspecified atom stereocenters. The van der Waals surface area contributed by atoms with Crippen LogP contribution in [0.15, 0.2) is 24.3 Å². The van der Waals surface area contributed by atoms with Gasteiger partial charge in [-0.05, 0) is 39.0 Å². The molecule has 1 aliphatic heterocycles. The number of nitrogens with zero attached hydrogens (tertiary/aromatic N) is 1. The Morgan fingerprint density at radius 3 is 2.84 bits per heavy atom. The number of benzene rings is 1. The third kappa shape index (κ3) is 3.26. The van der Waals surface area contributed by atoms with Gasteiger partial charge in [0.2, 0.25) is 0 Å². The Bertz CT molecular complexity index is 471. The van der Waals surface area contributed by atoms with E-state index in [1.807, 2.05) is 18.2 Å². The molecule has 1 atom stereocenters. The number of anilines is 1. The number of ether oxygens (including phenoxy) is 1. The predicted molar refractivity (Wildman–Crippen MR) is 76.7 cm³/mol. The topological polar surface area (TPSA) is 41.6 Å². The lowest BCUT2D eigenvalue weighted by atomic mass is 9.98. The fourth-order valence-electron chi connectivity index (χ4n) is 2.77. The molecule has 0 saturated carbocycles. The Morgan fingerprint density at radius 1 is 1.47 bits per heavy atom. The lowest BCUT2D eigenvalue weighted by Gasteiger charge is -2.44. The summed E-state index contributed by atoms with van der Waals surface area (Å²) in [4.78, 5) is 13.9. The summed E-state index contributed by atoms with van der Waals surface area (Å²) >= 11 is 0. The maximum atomic E-state index is 11.6. The van der Waals surface area contributed by atoms with Crippen LogP contribution < -0.4 is 10.2 Å². The zero-order valence-corrected chi connectivity index (χ0v) is 12.1. The first kappa shape index (κ1) is 13.9. The van der Waals surface area contributed by atoms with Crippen molar-refractivity contribution in [2.24, 2.45) is 0 Å². The molecule has 1 N–H and O–H groups in total. The molecule has 0 radical (unpaired) electrons. The molecular weight excluding hydrogens is 240 g/mol. The highest BCUT2D eigenvalue weighted by molar-refractivity contribution is 5.90. The lowest BCUT2D eigenvalue weighted by Crippen LogP contribution is -2.61. The zero-order valence-electron chi connectivity index (χ0n) is 12.1. The number of hydrogen-bond acceptors (Lipinski definition) is 4. The van der Waals surface area contributed by atoms with Gasteiger partial charge >= 0.3 is 5.97 Å². The van der Waals surface area contributed by atoms with Crippen molar-refractivity contribution >= 4 is 11.7 Å². The van der Waals surface area contributed by atoms with E-state index >= 15 is 0 Å². The minimum atomic E-state index is -0.288. The van der Waals surface area contributed by atoms with Crippen LogP contribution in [0.25, 0.3) is 0 Å². The molecule has 0 aliphatic carbocycles. The Kier molecular flexibility index (Phi) is 3.80. The number of hydrogen-bond donors (Lipinski definition) is 1. The summed E-state index contributed by atoms with van der Waals surface area (Å²) in [6, 6.07) is 8.05. The summed E-state index contributed by atoms with van der Waals surface area (Å²) in [5, 5.41) is 3.57. The number of methoxy groups -OCH3 is 1. The van der Waals surface area contributed by atoms with Crippen molar-refractivity contribution in [2.45, 2.75) is 32.4 Å². The van der Waals surface area contributed by atoms with Crippen molar-refractivity contribution < 1.29 is 9.53 Å². The average molecular weight is 262 g/mol. The molecule has 2 rings (SSSR count). The largest absolute Gasteiger partial charge is 0.465 e. The summed E-state index contributed by atoms with van der Waals surface area (Å²) in [7, 11) is 1.41. The summed E-state index contributed by atoms with van der Waals surface area (Å²) in [6.45, 7) is 8.42. The first-order valence-electron chi connectivity index (χ1n) is 6.62. The molecule has 4 heteroatoms. The number of nitrogens with one attached hydrogen (secondary N) is 1. The molecule has 104 valence electrons. The van der Waals surface area contributed by atoms with Crippen molar-refractivity contribution in [3.63, 3.8) is 0 Å². The highest BCUT2D eigenvalue weighted by atomic mass is 16.5. The van der Waals surface area contributed by atoms with Gasteiger partial charge in [-0.3, -0.25) is 0 Å². The highest BCUT2D eigenvalue weighted by Gasteiger charge is 2.29. The number of carbonyl (C=O) groups is 1. The number of piperazine rings is 1. The first-order chi connectivity index (χ1) is 8.91. The molecular formula is C15H22N2O2. The standard InChI is InChI=1S/C15H22N2O2/c1-11-9-17(10-15(2,3)16-11)13-7-5-6-12(8-13)14(18)19-4/h5-8,11,16H,9-10H2,1-4H3. The summed E-state index contributed by atoms with van der Waals surface area (Å²) in [6.07, 6.45) is 0. The van der Waals surface area contributed by atoms with Gasteiger partial charge in [0.15, 0.2) is 0 Å². The van der Waals surface area contributed by atoms with E-state index in [1.54, 1.807) is 6.07 Å². The third-order valence-corrected chi connectivity index (χ3v) is 3.35. The fraction of sp³-hybridized carbons (Fsp3) is 0.533. The van der Waals surface area contributed by atoms with Gasteiger partial charge in [-0.1, -0.05) is 6.07 Å². The Morgan fingerprint density at radius 2 is 2.21 bits per heavy atom. The van der Waals surface area contributed by atoms with Gasteiger partial charge in [0.05, 0.1) is 12.7 Å². The molecule has 1 heterocycles. The van der Waals surface area contributed by atoms with E-state index in [0.29, 0.717) is 11.6 Å². The SMILES string of the molecule is COC(=O)c1cccc(N2CC(C)NC(C)(C)C2)c1. The van der Waals surface area contributed by atoms with Gasteiger partial charge in [-0.25, -0.2) is 4.79 Å². The van der Waals surface area contributed by atoms with Crippen molar-refractivity contribution in [3.8, 4) is 0 Å². The number of esters is 1. The highest BCUT2D eigenvalue weighted by Crippen LogP contribution is 2.23. The first-order valence-corrected chi connectivity index (χ1v) is 6.62. The molecule has 1 fully saturated rings. The minimum absolute atomic E-state index is 0.0684. The maximum absolute atomic E-state index is 11.6. The maximum Gasteiger partial charge on any atom is 0.337 e. The molecule has 1 aromatic carbocycles. The van der Waals surface area contributed by atoms with Crippen LogP contribution in [0.1, 0.15) is 31.1 Å². The van der Waals surface area contributed by atoms with Gasteiger partial charge in [-0.2, -0.15) is 0 Å². The molecule has 0 spiro atoms. The quantitative estimate of drug-likeness (QED) is 0.828. The predicted octanol–water partition coefficient (Wildman–Crippen LogP) is 2.05. The summed E-state index contributed by atoms with van der Waals surface area (Å²) < 4.78 is 4.77. The van der Waals surface area contributed by atoms with Crippen molar-refractivity contribution in [3.05, 3.63) is 29.8 Å². The molecule has 0 amide bonds. The van der Waals surface area contributed by atoms with E-state index < -0.39 is 0 Å². The van der Waals surface area contributed by atoms with Crippen LogP contribution in [0.5, 0.6) is 0 Å². The molecule has 1 aromatic rings. The van der Waals surface area contributed by atoms with E-state index in [2.05, 4.69) is 31.0 Å². The van der Waals surface area contributed by atoms with Crippen LogP contribution in [0, 0.1) is 0 Å². The van der Waals surface area contributed by atoms with Gasteiger partial charge in [-0.15, -0.1) is 0 Å². The van der Waals surface area contributed by atoms with Gasteiger partial charge < -0.3 is 15.0 Å². The second-order valence-electron chi connectivity index (χ2n) is 5.85. The normalized spacial score (nSPS) is 22.1. The summed E-state index contributed by atoms with van der Waals surface area (Å²) in [5.74, 6) is -0.288. The number of rotatable bonds is 2. The van der Waals surface area contributed by atoms with Crippen LogP contribution in [0.3, 0.4) is 0 Å². The van der Waals surface area contributed by atoms with Crippen LogP contribution in [-0.4, -0.2) is 37.7 Å². The van der Waals surface area contributed by atoms with E-state index in [1.165, 1.54) is 7.11 Å². The third-order valence-electron chi connectivity index (χ3n) is 3.35. The Labute approximate surface area is 114 Å². The van der Waals surface area contributed by atoms with E-state index in [0.717, 1.165) is 18.8 Å². The van der Waals surface area contributed by atoms with E-state index in [4.69, 9.17) is 4.74 Å². The van der Waals surface area contributed by atoms with Gasteiger partial charge in [0, 0.05) is 30.4 Å². The molecule has 1 saturated heterocycles. The zero-order chi connectivity index (χ0) is 14.0. The monoisotopic (exact) mass is 262 g/mol. The van der Waals surface area contributed by atoms with Crippen molar-refractivity contribution in [2.75, 3.05) is 25.1 Å². The van der Waals surface area contributed by atoms with E-state index in [9.17, 15) is 4.79 Å². The average Bonchev–Trinajstić information content (AvgIpc) is 2.35. The Balaban J connectivity index is 2.24. The van der Waals surface area contributed by atoms with Crippen LogP contribution >= 0.6 is 0 Å². The fourth-order valence-corrected chi connectivity index (χ4v) is 2.77. The molecule has 19 heavy (non-hydrogen) atoms. The number of carbonyl (C=O) groups excluding carboxylic acids is 1. The Hall–Kier alpha value is -1.55. The van der Waals surface area contributed by atoms with Crippen LogP contribution in [0.4, 0.5) is 5.69 Å². The van der Waals surface area contributed by atoms with Gasteiger partial charge in [0.1, 0.15) is 0 Å². The van der Waals surface area contributed by atoms with Gasteiger partial charge in [0.25, 0.3) is 0 Å². The van der Waals surface area contributed by atoms with E-state index in [-0.39, 0.29) is 11.5 Å². The van der Waals surface area contributed by atoms with Crippen molar-refractivity contribution in [1.29, 1.82) is 0 Å². The minimum Gasteiger partial charge on any atom is -0.465 e. The summed E-state index contributed by atoms with van der Waals surface area (Å²) in [5.41, 5.74) is 1.74. The second-order valence-corrected chi connectivity index (χ2v) is 5.85. The van der Waals surface area contributed by atoms with Crippen LogP contribution in [-0.2, 0) is 4.74 Å². The lowest BCUT2D eigenvalue weighted by molar-refractivity contribution is 0.0601. The molecule has 0 aromatic heterocycles. The van der Waals surface area contributed by atoms with Crippen molar-refractivity contribution in [1.82, 2.24) is 5.32 Å². The second kappa shape index (κ2) is 5.21. The molecule has 0 bridgehead atoms. The molecule has 4 nitrogen and oxygen atoms in total. The smallest absolute Gasteiger partial charge is 0.337 e. The van der Waals surface area contributed by atoms with Crippen LogP contribution in [0.2, 0.25) is 0 Å².